The highest BCUT2D eigenvalue weighted by Gasteiger charge is 2.34. The quantitative estimate of drug-likeness (QED) is 0.781. The third kappa shape index (κ3) is 3.60. The lowest BCUT2D eigenvalue weighted by atomic mass is 9.85. The van der Waals surface area contributed by atoms with Gasteiger partial charge in [-0.1, -0.05) is 6.07 Å². The van der Waals surface area contributed by atoms with Gasteiger partial charge in [0.25, 0.3) is 0 Å². The number of amides is 1. The molecule has 8 heteroatoms. The molecule has 1 aliphatic rings. The molecule has 27 heavy (non-hydrogen) atoms. The van der Waals surface area contributed by atoms with E-state index in [2.05, 4.69) is 10.4 Å². The first kappa shape index (κ1) is 18.8. The van der Waals surface area contributed by atoms with Crippen LogP contribution in [0.25, 0.3) is 0 Å². The molecule has 3 rings (SSSR count). The van der Waals surface area contributed by atoms with Gasteiger partial charge in [0.05, 0.1) is 26.5 Å². The number of hydrogen-bond donors (Lipinski definition) is 1. The maximum atomic E-state index is 12.4. The number of aromatic nitrogens is 2. The Kier molecular flexibility index (Phi) is 5.34. The molecule has 1 amide bonds. The number of aryl methyl sites for hydroxylation is 1. The van der Waals surface area contributed by atoms with Crippen molar-refractivity contribution in [1.29, 1.82) is 0 Å². The summed E-state index contributed by atoms with van der Waals surface area (Å²) in [5, 5.41) is 7.29. The number of benzene rings is 1. The number of ether oxygens (including phenoxy) is 3. The lowest BCUT2D eigenvalue weighted by molar-refractivity contribution is -0.144. The fourth-order valence-corrected chi connectivity index (χ4v) is 3.43. The second-order valence-electron chi connectivity index (χ2n) is 6.22. The molecule has 1 aromatic carbocycles. The highest BCUT2D eigenvalue weighted by Crippen LogP contribution is 2.43. The Labute approximate surface area is 157 Å². The van der Waals surface area contributed by atoms with Gasteiger partial charge >= 0.3 is 5.97 Å². The van der Waals surface area contributed by atoms with Crippen LogP contribution in [0.5, 0.6) is 11.5 Å². The molecule has 0 bridgehead atoms. The van der Waals surface area contributed by atoms with Crippen LogP contribution in [0.15, 0.2) is 18.2 Å². The predicted octanol–water partition coefficient (Wildman–Crippen LogP) is 2.25. The molecule has 0 saturated carbocycles. The molecule has 1 N–H and O–H groups in total. The van der Waals surface area contributed by atoms with Gasteiger partial charge in [-0.2, -0.15) is 5.10 Å². The summed E-state index contributed by atoms with van der Waals surface area (Å²) in [5.41, 5.74) is 2.49. The zero-order chi connectivity index (χ0) is 19.6. The smallest absolute Gasteiger partial charge is 0.327 e. The van der Waals surface area contributed by atoms with Gasteiger partial charge in [0.2, 0.25) is 5.91 Å². The van der Waals surface area contributed by atoms with Crippen molar-refractivity contribution in [3.63, 3.8) is 0 Å². The Bertz CT molecular complexity index is 874. The molecule has 0 unspecified atom stereocenters. The van der Waals surface area contributed by atoms with Gasteiger partial charge < -0.3 is 19.5 Å². The summed E-state index contributed by atoms with van der Waals surface area (Å²) in [6.07, 6.45) is 0.266. The third-order valence-electron chi connectivity index (χ3n) is 4.57. The molecule has 1 aliphatic heterocycles. The van der Waals surface area contributed by atoms with Gasteiger partial charge in [0.1, 0.15) is 23.9 Å². The fourth-order valence-electron chi connectivity index (χ4n) is 3.43. The van der Waals surface area contributed by atoms with Crippen molar-refractivity contribution in [2.24, 2.45) is 0 Å². The second kappa shape index (κ2) is 7.69. The minimum atomic E-state index is -0.402. The van der Waals surface area contributed by atoms with Gasteiger partial charge in [-0.05, 0) is 19.9 Å². The summed E-state index contributed by atoms with van der Waals surface area (Å²) in [7, 11) is 3.17. The molecule has 0 fully saturated rings. The van der Waals surface area contributed by atoms with Gasteiger partial charge in [-0.3, -0.25) is 9.59 Å². The molecular formula is C19H23N3O5. The number of esters is 1. The van der Waals surface area contributed by atoms with Crippen LogP contribution in [0.3, 0.4) is 0 Å². The van der Waals surface area contributed by atoms with E-state index in [0.717, 1.165) is 16.8 Å². The summed E-state index contributed by atoms with van der Waals surface area (Å²) in [6.45, 7) is 3.84. The number of anilines is 1. The van der Waals surface area contributed by atoms with E-state index >= 15 is 0 Å². The van der Waals surface area contributed by atoms with Gasteiger partial charge in [0.15, 0.2) is 0 Å². The first-order valence-corrected chi connectivity index (χ1v) is 8.73. The number of hydrogen-bond acceptors (Lipinski definition) is 6. The number of nitrogens with zero attached hydrogens (tertiary/aromatic N) is 2. The minimum Gasteiger partial charge on any atom is -0.497 e. The lowest BCUT2D eigenvalue weighted by Gasteiger charge is -2.25. The standard InChI is InChI=1S/C19H23N3O5/c1-5-27-17(24)10-22-19-18(11(2)21-22)14(9-16(23)20-19)13-7-6-12(25-3)8-15(13)26-4/h6-8,14H,5,9-10H2,1-4H3,(H,20,23)/t14-/m0/s1. The van der Waals surface area contributed by atoms with Crippen molar-refractivity contribution in [2.75, 3.05) is 26.1 Å². The summed E-state index contributed by atoms with van der Waals surface area (Å²) < 4.78 is 17.3. The number of nitrogens with one attached hydrogen (secondary N) is 1. The Balaban J connectivity index is 2.05. The number of fused-ring (bicyclic) bond motifs is 1. The maximum Gasteiger partial charge on any atom is 0.327 e. The predicted molar refractivity (Wildman–Crippen MR) is 98.2 cm³/mol. The van der Waals surface area contributed by atoms with Crippen molar-refractivity contribution >= 4 is 17.7 Å². The molecule has 0 spiro atoms. The molecule has 2 heterocycles. The molecule has 0 radical (unpaired) electrons. The summed E-state index contributed by atoms with van der Waals surface area (Å²) >= 11 is 0. The lowest BCUT2D eigenvalue weighted by Crippen LogP contribution is -2.26. The average molecular weight is 373 g/mol. The molecular weight excluding hydrogens is 350 g/mol. The SMILES string of the molecule is CCOC(=O)Cn1nc(C)c2c1NC(=O)C[C@H]2c1ccc(OC)cc1OC. The van der Waals surface area contributed by atoms with Crippen LogP contribution in [0, 0.1) is 6.92 Å². The van der Waals surface area contributed by atoms with E-state index in [1.807, 2.05) is 19.1 Å². The van der Waals surface area contributed by atoms with Crippen molar-refractivity contribution in [2.45, 2.75) is 32.7 Å². The minimum absolute atomic E-state index is 0.0588. The molecule has 144 valence electrons. The number of rotatable bonds is 6. The Morgan fingerprint density at radius 1 is 1.33 bits per heavy atom. The fraction of sp³-hybridized carbons (Fsp3) is 0.421. The maximum absolute atomic E-state index is 12.4. The zero-order valence-corrected chi connectivity index (χ0v) is 15.9. The van der Waals surface area contributed by atoms with Crippen molar-refractivity contribution in [3.8, 4) is 11.5 Å². The monoisotopic (exact) mass is 373 g/mol. The topological polar surface area (TPSA) is 91.7 Å². The van der Waals surface area contributed by atoms with Gasteiger partial charge in [0, 0.05) is 29.5 Å². The van der Waals surface area contributed by atoms with Crippen molar-refractivity contribution < 1.29 is 23.8 Å². The highest BCUT2D eigenvalue weighted by molar-refractivity contribution is 5.95. The van der Waals surface area contributed by atoms with E-state index < -0.39 is 5.97 Å². The van der Waals surface area contributed by atoms with Crippen LogP contribution in [0.4, 0.5) is 5.82 Å². The Morgan fingerprint density at radius 2 is 2.11 bits per heavy atom. The number of methoxy groups -OCH3 is 2. The molecule has 0 aliphatic carbocycles. The van der Waals surface area contributed by atoms with Crippen molar-refractivity contribution in [3.05, 3.63) is 35.0 Å². The molecule has 0 saturated heterocycles. The molecule has 1 atom stereocenters. The van der Waals surface area contributed by atoms with Crippen LogP contribution < -0.4 is 14.8 Å². The van der Waals surface area contributed by atoms with Crippen molar-refractivity contribution in [1.82, 2.24) is 9.78 Å². The summed E-state index contributed by atoms with van der Waals surface area (Å²) in [4.78, 5) is 24.3. The van der Waals surface area contributed by atoms with Crippen LogP contribution in [-0.2, 0) is 20.9 Å². The molecule has 8 nitrogen and oxygen atoms in total. The summed E-state index contributed by atoms with van der Waals surface area (Å²) in [5.74, 6) is 1.06. The third-order valence-corrected chi connectivity index (χ3v) is 4.57. The van der Waals surface area contributed by atoms with E-state index in [9.17, 15) is 9.59 Å². The zero-order valence-electron chi connectivity index (χ0n) is 15.9. The second-order valence-corrected chi connectivity index (χ2v) is 6.22. The molecule has 2 aromatic rings. The van der Waals surface area contributed by atoms with E-state index in [4.69, 9.17) is 14.2 Å². The first-order valence-electron chi connectivity index (χ1n) is 8.73. The molecule has 1 aromatic heterocycles. The van der Waals surface area contributed by atoms with Gasteiger partial charge in [-0.15, -0.1) is 0 Å². The van der Waals surface area contributed by atoms with Crippen LogP contribution in [-0.4, -0.2) is 42.5 Å². The Hall–Kier alpha value is -3.03. The highest BCUT2D eigenvalue weighted by atomic mass is 16.5. The van der Waals surface area contributed by atoms with E-state index in [0.29, 0.717) is 23.9 Å². The summed E-state index contributed by atoms with van der Waals surface area (Å²) in [6, 6.07) is 5.52. The van der Waals surface area contributed by atoms with E-state index in [-0.39, 0.29) is 24.8 Å². The van der Waals surface area contributed by atoms with E-state index in [1.54, 1.807) is 27.2 Å². The van der Waals surface area contributed by atoms with E-state index in [1.165, 1.54) is 4.68 Å². The van der Waals surface area contributed by atoms with Crippen LogP contribution in [0.2, 0.25) is 0 Å². The number of carbonyl (C=O) groups is 2. The largest absolute Gasteiger partial charge is 0.497 e. The van der Waals surface area contributed by atoms with Gasteiger partial charge in [-0.25, -0.2) is 4.68 Å². The normalized spacial score (nSPS) is 15.7. The van der Waals surface area contributed by atoms with Crippen LogP contribution >= 0.6 is 0 Å². The Morgan fingerprint density at radius 3 is 2.78 bits per heavy atom. The first-order chi connectivity index (χ1) is 13.0. The average Bonchev–Trinajstić information content (AvgIpc) is 2.95. The van der Waals surface area contributed by atoms with Crippen LogP contribution in [0.1, 0.15) is 36.1 Å². The number of carbonyl (C=O) groups excluding carboxylic acids is 2.